The highest BCUT2D eigenvalue weighted by atomic mass is 35.5. The average Bonchev–Trinajstić information content (AvgIpc) is 2.79. The zero-order valence-corrected chi connectivity index (χ0v) is 17.3. The van der Waals surface area contributed by atoms with Crippen molar-refractivity contribution in [2.75, 3.05) is 21.8 Å². The van der Waals surface area contributed by atoms with Crippen LogP contribution < -0.4 is 10.5 Å². The molecule has 29 heavy (non-hydrogen) atoms. The Labute approximate surface area is 172 Å². The Hall–Kier alpha value is -2.21. The normalized spacial score (nSPS) is 12.6. The number of benzene rings is 1. The summed E-state index contributed by atoms with van der Waals surface area (Å²) in [6, 6.07) is 2.62. The summed E-state index contributed by atoms with van der Waals surface area (Å²) in [5.74, 6) is -0.554. The average molecular weight is 492 g/mol. The third-order valence-corrected chi connectivity index (χ3v) is 7.26. The van der Waals surface area contributed by atoms with Gasteiger partial charge >= 0.3 is 6.18 Å². The van der Waals surface area contributed by atoms with Crippen molar-refractivity contribution in [3.63, 3.8) is 0 Å². The lowest BCUT2D eigenvalue weighted by molar-refractivity contribution is -0.137. The van der Waals surface area contributed by atoms with Crippen molar-refractivity contribution >= 4 is 54.6 Å². The first-order valence-electron chi connectivity index (χ1n) is 7.09. The highest BCUT2D eigenvalue weighted by Gasteiger charge is 2.33. The van der Waals surface area contributed by atoms with E-state index in [0.717, 1.165) is 0 Å². The highest BCUT2D eigenvalue weighted by Crippen LogP contribution is 2.39. The van der Waals surface area contributed by atoms with Crippen LogP contribution in [0.3, 0.4) is 0 Å². The molecule has 0 aliphatic heterocycles. The summed E-state index contributed by atoms with van der Waals surface area (Å²) < 4.78 is 87.6. The Morgan fingerprint density at radius 3 is 2.17 bits per heavy atom. The summed E-state index contributed by atoms with van der Waals surface area (Å²) in [4.78, 5) is 0. The van der Waals surface area contributed by atoms with Crippen LogP contribution >= 0.6 is 23.2 Å². The molecule has 9 nitrogen and oxygen atoms in total. The molecule has 2 rings (SSSR count). The molecular formula is C13H10Cl2F3N5O4S2. The zero-order chi connectivity index (χ0) is 22.4. The second-order valence-corrected chi connectivity index (χ2v) is 10.7. The van der Waals surface area contributed by atoms with Crippen molar-refractivity contribution in [2.45, 2.75) is 6.18 Å². The molecule has 1 aromatic heterocycles. The molecule has 2 aromatic rings. The van der Waals surface area contributed by atoms with Crippen molar-refractivity contribution in [2.24, 2.45) is 0 Å². The number of rotatable bonds is 5. The lowest BCUT2D eigenvalue weighted by Crippen LogP contribution is -2.23. The standard InChI is InChI=1S/C13H10Cl2F3N5O4S2/c1-28(24,25)5-29(26,27)22-10-9(4-19)21-23(12(10)20)11-7(14)2-6(3-8(11)15)13(16,17)18/h2-3,22H,5,20H2,1H3. The summed E-state index contributed by atoms with van der Waals surface area (Å²) in [6.45, 7) is 0. The fourth-order valence-corrected chi connectivity index (χ4v) is 5.83. The second kappa shape index (κ2) is 7.56. The third kappa shape index (κ3) is 5.24. The molecule has 0 aliphatic rings. The number of nitriles is 1. The number of aromatic nitrogens is 2. The molecule has 0 saturated heterocycles. The first kappa shape index (κ1) is 23.1. The minimum atomic E-state index is -4.74. The summed E-state index contributed by atoms with van der Waals surface area (Å²) in [5, 5.41) is 10.5. The monoisotopic (exact) mass is 491 g/mol. The van der Waals surface area contributed by atoms with Crippen LogP contribution in [0, 0.1) is 11.3 Å². The number of nitrogens with one attached hydrogen (secondary N) is 1. The summed E-state index contributed by atoms with van der Waals surface area (Å²) >= 11 is 11.7. The minimum absolute atomic E-state index is 0.344. The van der Waals surface area contributed by atoms with Crippen LogP contribution in [0.5, 0.6) is 0 Å². The predicted molar refractivity (Wildman–Crippen MR) is 100.0 cm³/mol. The summed E-state index contributed by atoms with van der Waals surface area (Å²) in [6.07, 6.45) is -4.07. The topological polar surface area (TPSA) is 148 Å². The number of sulfone groups is 1. The van der Waals surface area contributed by atoms with E-state index >= 15 is 0 Å². The van der Waals surface area contributed by atoms with Gasteiger partial charge in [0.2, 0.25) is 10.0 Å². The van der Waals surface area contributed by atoms with Crippen LogP contribution in [0.4, 0.5) is 24.7 Å². The fourth-order valence-electron chi connectivity index (χ4n) is 2.18. The molecular weight excluding hydrogens is 482 g/mol. The van der Waals surface area contributed by atoms with Gasteiger partial charge in [0, 0.05) is 6.26 Å². The lowest BCUT2D eigenvalue weighted by Gasteiger charge is -2.13. The number of halogens is 5. The van der Waals surface area contributed by atoms with Crippen molar-refractivity contribution in [3.8, 4) is 11.8 Å². The molecule has 0 atom stereocenters. The van der Waals surface area contributed by atoms with Crippen LogP contribution in [0.1, 0.15) is 11.3 Å². The second-order valence-electron chi connectivity index (χ2n) is 5.68. The van der Waals surface area contributed by atoms with E-state index in [4.69, 9.17) is 28.9 Å². The van der Waals surface area contributed by atoms with Crippen molar-refractivity contribution in [1.82, 2.24) is 9.78 Å². The Bertz CT molecular complexity index is 1210. The van der Waals surface area contributed by atoms with Gasteiger partial charge in [0.15, 0.2) is 26.4 Å². The van der Waals surface area contributed by atoms with E-state index in [2.05, 4.69) is 5.10 Å². The highest BCUT2D eigenvalue weighted by molar-refractivity contribution is 8.08. The minimum Gasteiger partial charge on any atom is -0.382 e. The van der Waals surface area contributed by atoms with Crippen molar-refractivity contribution in [3.05, 3.63) is 33.4 Å². The van der Waals surface area contributed by atoms with Gasteiger partial charge in [-0.25, -0.2) is 21.5 Å². The molecule has 0 spiro atoms. The third-order valence-electron chi connectivity index (χ3n) is 3.21. The molecule has 1 heterocycles. The molecule has 0 radical (unpaired) electrons. The number of nitrogen functional groups attached to an aromatic ring is 1. The molecule has 1 aromatic carbocycles. The molecule has 0 aliphatic carbocycles. The van der Waals surface area contributed by atoms with Crippen LogP contribution in [0.2, 0.25) is 10.0 Å². The van der Waals surface area contributed by atoms with E-state index in [1.54, 1.807) is 0 Å². The maximum Gasteiger partial charge on any atom is 0.416 e. The van der Waals surface area contributed by atoms with Gasteiger partial charge in [-0.05, 0) is 12.1 Å². The Morgan fingerprint density at radius 1 is 1.24 bits per heavy atom. The molecule has 0 fully saturated rings. The van der Waals surface area contributed by atoms with Gasteiger partial charge in [-0.3, -0.25) is 4.72 Å². The van der Waals surface area contributed by atoms with E-state index in [9.17, 15) is 35.3 Å². The van der Waals surface area contributed by atoms with Crippen LogP contribution in [0.25, 0.3) is 5.69 Å². The van der Waals surface area contributed by atoms with Crippen LogP contribution in [-0.4, -0.2) is 38.0 Å². The van der Waals surface area contributed by atoms with Crippen LogP contribution in [0.15, 0.2) is 12.1 Å². The van der Waals surface area contributed by atoms with Gasteiger partial charge in [-0.2, -0.15) is 23.5 Å². The molecule has 0 unspecified atom stereocenters. The van der Waals surface area contributed by atoms with Gasteiger partial charge in [-0.1, -0.05) is 23.2 Å². The summed E-state index contributed by atoms with van der Waals surface area (Å²) in [7, 11) is -8.46. The van der Waals surface area contributed by atoms with Gasteiger partial charge < -0.3 is 5.73 Å². The van der Waals surface area contributed by atoms with E-state index < -0.39 is 63.9 Å². The Kier molecular flexibility index (Phi) is 6.01. The van der Waals surface area contributed by atoms with Crippen molar-refractivity contribution < 1.29 is 30.0 Å². The predicted octanol–water partition coefficient (Wildman–Crippen LogP) is 2.40. The van der Waals surface area contributed by atoms with Gasteiger partial charge in [0.1, 0.15) is 17.4 Å². The number of nitrogens with two attached hydrogens (primary N) is 1. The molecule has 16 heteroatoms. The van der Waals surface area contributed by atoms with Crippen LogP contribution in [-0.2, 0) is 26.0 Å². The van der Waals surface area contributed by atoms with Gasteiger partial charge in [0.25, 0.3) is 0 Å². The number of hydrogen-bond acceptors (Lipinski definition) is 7. The van der Waals surface area contributed by atoms with E-state index in [0.29, 0.717) is 23.1 Å². The van der Waals surface area contributed by atoms with E-state index in [-0.39, 0.29) is 5.69 Å². The smallest absolute Gasteiger partial charge is 0.382 e. The largest absolute Gasteiger partial charge is 0.416 e. The van der Waals surface area contributed by atoms with E-state index in [1.807, 2.05) is 4.72 Å². The number of nitrogens with zero attached hydrogens (tertiary/aromatic N) is 3. The molecule has 158 valence electrons. The number of alkyl halides is 3. The Morgan fingerprint density at radius 2 is 1.76 bits per heavy atom. The molecule has 0 amide bonds. The molecule has 0 bridgehead atoms. The maximum absolute atomic E-state index is 12.9. The number of sulfonamides is 1. The Balaban J connectivity index is 2.63. The fraction of sp³-hybridized carbons (Fsp3) is 0.231. The zero-order valence-electron chi connectivity index (χ0n) is 14.1. The lowest BCUT2D eigenvalue weighted by atomic mass is 10.2. The quantitative estimate of drug-likeness (QED) is 0.651. The van der Waals surface area contributed by atoms with Crippen molar-refractivity contribution in [1.29, 1.82) is 5.26 Å². The summed E-state index contributed by atoms with van der Waals surface area (Å²) in [5.41, 5.74) is 3.11. The van der Waals surface area contributed by atoms with Gasteiger partial charge in [0.05, 0.1) is 15.6 Å². The first-order chi connectivity index (χ1) is 13.1. The molecule has 3 N–H and O–H groups in total. The number of hydrogen-bond donors (Lipinski definition) is 2. The SMILES string of the molecule is CS(=O)(=O)CS(=O)(=O)Nc1c(C#N)nn(-c2c(Cl)cc(C(F)(F)F)cc2Cl)c1N. The number of anilines is 2. The molecule has 0 saturated carbocycles. The van der Waals surface area contributed by atoms with E-state index in [1.165, 1.54) is 6.07 Å². The van der Waals surface area contributed by atoms with Gasteiger partial charge in [-0.15, -0.1) is 0 Å². The maximum atomic E-state index is 12.9. The first-order valence-corrected chi connectivity index (χ1v) is 11.6.